The highest BCUT2D eigenvalue weighted by atomic mass is 16.5. The minimum absolute atomic E-state index is 0.0764. The summed E-state index contributed by atoms with van der Waals surface area (Å²) in [6.07, 6.45) is 1.22. The molecule has 0 bridgehead atoms. The Hall–Kier alpha value is -2.68. The van der Waals surface area contributed by atoms with Crippen LogP contribution >= 0.6 is 0 Å². The molecule has 2 rings (SSSR count). The van der Waals surface area contributed by atoms with Crippen LogP contribution in [0.4, 0.5) is 0 Å². The molecule has 1 aliphatic heterocycles. The number of unbranched alkanes of at least 4 members (excludes halogenated alkanes) is 1. The van der Waals surface area contributed by atoms with Crippen molar-refractivity contribution in [2.75, 3.05) is 7.11 Å². The van der Waals surface area contributed by atoms with Crippen LogP contribution in [0.15, 0.2) is 0 Å². The van der Waals surface area contributed by atoms with Gasteiger partial charge in [-0.05, 0) is 18.9 Å². The van der Waals surface area contributed by atoms with Crippen LogP contribution in [0.2, 0.25) is 0 Å². The third kappa shape index (κ3) is 3.39. The van der Waals surface area contributed by atoms with Gasteiger partial charge in [-0.25, -0.2) is 4.79 Å². The molecular formula is C17H18O6. The SMILES string of the molecule is COc1c(C)c2c(c(O)c1CC#CCCCC(=O)O)C(=O)OC2. The van der Waals surface area contributed by atoms with E-state index in [9.17, 15) is 14.7 Å². The first-order valence-electron chi connectivity index (χ1n) is 7.23. The molecule has 6 heteroatoms. The van der Waals surface area contributed by atoms with Crippen LogP contribution in [-0.4, -0.2) is 29.3 Å². The number of rotatable bonds is 5. The number of benzene rings is 1. The Kier molecular flexibility index (Phi) is 5.12. The average Bonchev–Trinajstić information content (AvgIpc) is 2.89. The number of carboxylic acids is 1. The maximum absolute atomic E-state index is 11.8. The van der Waals surface area contributed by atoms with Gasteiger partial charge in [0.2, 0.25) is 0 Å². The van der Waals surface area contributed by atoms with E-state index in [1.807, 2.05) is 6.92 Å². The van der Waals surface area contributed by atoms with Gasteiger partial charge in [0.25, 0.3) is 0 Å². The number of carboxylic acid groups (broad SMARTS) is 1. The Morgan fingerprint density at radius 1 is 1.39 bits per heavy atom. The summed E-state index contributed by atoms with van der Waals surface area (Å²) in [6.45, 7) is 1.94. The molecule has 0 atom stereocenters. The fraction of sp³-hybridized carbons (Fsp3) is 0.412. The lowest BCUT2D eigenvalue weighted by atomic mass is 9.95. The number of hydrogen-bond donors (Lipinski definition) is 2. The Balaban J connectivity index is 2.24. The molecule has 122 valence electrons. The lowest BCUT2D eigenvalue weighted by Gasteiger charge is -2.14. The van der Waals surface area contributed by atoms with Crippen LogP contribution in [0.25, 0.3) is 0 Å². The number of phenolic OH excluding ortho intramolecular Hbond substituents is 1. The molecule has 0 aliphatic carbocycles. The zero-order chi connectivity index (χ0) is 17.0. The summed E-state index contributed by atoms with van der Waals surface area (Å²) < 4.78 is 10.3. The van der Waals surface area contributed by atoms with E-state index in [0.717, 1.165) is 5.56 Å². The third-order valence-corrected chi connectivity index (χ3v) is 3.73. The molecule has 0 unspecified atom stereocenters. The molecule has 6 nitrogen and oxygen atoms in total. The lowest BCUT2D eigenvalue weighted by Crippen LogP contribution is -2.03. The number of esters is 1. The monoisotopic (exact) mass is 318 g/mol. The largest absolute Gasteiger partial charge is 0.507 e. The maximum atomic E-state index is 11.8. The molecule has 0 saturated carbocycles. The van der Waals surface area contributed by atoms with E-state index in [-0.39, 0.29) is 30.8 Å². The van der Waals surface area contributed by atoms with Crippen molar-refractivity contribution in [3.63, 3.8) is 0 Å². The number of phenols is 1. The Bertz CT molecular complexity index is 708. The zero-order valence-corrected chi connectivity index (χ0v) is 13.1. The van der Waals surface area contributed by atoms with E-state index < -0.39 is 11.9 Å². The van der Waals surface area contributed by atoms with Crippen molar-refractivity contribution in [3.05, 3.63) is 22.3 Å². The van der Waals surface area contributed by atoms with E-state index in [4.69, 9.17) is 14.6 Å². The third-order valence-electron chi connectivity index (χ3n) is 3.73. The molecule has 0 aromatic heterocycles. The molecule has 1 heterocycles. The number of carbonyl (C=O) groups excluding carboxylic acids is 1. The summed E-state index contributed by atoms with van der Waals surface area (Å²) >= 11 is 0. The summed E-state index contributed by atoms with van der Waals surface area (Å²) in [4.78, 5) is 22.2. The fourth-order valence-corrected chi connectivity index (χ4v) is 2.57. The van der Waals surface area contributed by atoms with Crippen molar-refractivity contribution in [2.24, 2.45) is 0 Å². The first kappa shape index (κ1) is 16.7. The van der Waals surface area contributed by atoms with E-state index in [1.165, 1.54) is 7.11 Å². The van der Waals surface area contributed by atoms with E-state index in [1.54, 1.807) is 0 Å². The number of hydrogen-bond acceptors (Lipinski definition) is 5. The number of carbonyl (C=O) groups is 2. The number of fused-ring (bicyclic) bond motifs is 1. The first-order valence-corrected chi connectivity index (χ1v) is 7.23. The van der Waals surface area contributed by atoms with Gasteiger partial charge in [-0.2, -0.15) is 0 Å². The van der Waals surface area contributed by atoms with Crippen LogP contribution in [0.3, 0.4) is 0 Å². The van der Waals surface area contributed by atoms with Crippen molar-refractivity contribution < 1.29 is 29.3 Å². The second-order valence-corrected chi connectivity index (χ2v) is 5.19. The van der Waals surface area contributed by atoms with Gasteiger partial charge < -0.3 is 19.7 Å². The Morgan fingerprint density at radius 2 is 2.13 bits per heavy atom. The molecule has 23 heavy (non-hydrogen) atoms. The summed E-state index contributed by atoms with van der Waals surface area (Å²) in [6, 6.07) is 0. The van der Waals surface area contributed by atoms with Gasteiger partial charge in [0, 0.05) is 30.4 Å². The maximum Gasteiger partial charge on any atom is 0.342 e. The van der Waals surface area contributed by atoms with Crippen molar-refractivity contribution in [1.29, 1.82) is 0 Å². The van der Waals surface area contributed by atoms with Crippen molar-refractivity contribution in [3.8, 4) is 23.3 Å². The van der Waals surface area contributed by atoms with E-state index in [2.05, 4.69) is 11.8 Å². The highest BCUT2D eigenvalue weighted by Crippen LogP contribution is 2.41. The Morgan fingerprint density at radius 3 is 2.78 bits per heavy atom. The van der Waals surface area contributed by atoms with Gasteiger partial charge in [0.1, 0.15) is 23.7 Å². The molecule has 0 radical (unpaired) electrons. The minimum atomic E-state index is -0.848. The molecule has 0 saturated heterocycles. The van der Waals surface area contributed by atoms with Crippen LogP contribution in [-0.2, 0) is 22.6 Å². The predicted octanol–water partition coefficient (Wildman–Crippen LogP) is 2.18. The molecule has 0 fully saturated rings. The molecule has 2 N–H and O–H groups in total. The van der Waals surface area contributed by atoms with Crippen molar-refractivity contribution in [1.82, 2.24) is 0 Å². The van der Waals surface area contributed by atoms with Gasteiger partial charge in [-0.3, -0.25) is 4.79 Å². The highest BCUT2D eigenvalue weighted by Gasteiger charge is 2.31. The number of aromatic hydroxyl groups is 1. The van der Waals surface area contributed by atoms with E-state index in [0.29, 0.717) is 29.7 Å². The van der Waals surface area contributed by atoms with Gasteiger partial charge >= 0.3 is 11.9 Å². The van der Waals surface area contributed by atoms with Crippen LogP contribution < -0.4 is 4.74 Å². The second kappa shape index (κ2) is 7.05. The molecule has 1 aromatic rings. The average molecular weight is 318 g/mol. The smallest absolute Gasteiger partial charge is 0.342 e. The quantitative estimate of drug-likeness (QED) is 0.491. The summed E-state index contributed by atoms with van der Waals surface area (Å²) in [5, 5.41) is 18.9. The lowest BCUT2D eigenvalue weighted by molar-refractivity contribution is -0.137. The molecular weight excluding hydrogens is 300 g/mol. The molecule has 1 aromatic carbocycles. The number of methoxy groups -OCH3 is 1. The van der Waals surface area contributed by atoms with Gasteiger partial charge in [-0.15, -0.1) is 5.92 Å². The molecule has 1 aliphatic rings. The van der Waals surface area contributed by atoms with Gasteiger partial charge in [-0.1, -0.05) is 5.92 Å². The number of cyclic esters (lactones) is 1. The van der Waals surface area contributed by atoms with Gasteiger partial charge in [0.15, 0.2) is 0 Å². The van der Waals surface area contributed by atoms with Crippen LogP contribution in [0, 0.1) is 18.8 Å². The topological polar surface area (TPSA) is 93.1 Å². The Labute approximate surface area is 134 Å². The number of aliphatic carboxylic acids is 1. The summed E-state index contributed by atoms with van der Waals surface area (Å²) in [7, 11) is 1.50. The van der Waals surface area contributed by atoms with Crippen LogP contribution in [0.5, 0.6) is 11.5 Å². The minimum Gasteiger partial charge on any atom is -0.507 e. The zero-order valence-electron chi connectivity index (χ0n) is 13.1. The summed E-state index contributed by atoms with van der Waals surface area (Å²) in [5.41, 5.74) is 2.04. The van der Waals surface area contributed by atoms with Crippen molar-refractivity contribution in [2.45, 2.75) is 39.2 Å². The summed E-state index contributed by atoms with van der Waals surface area (Å²) in [5.74, 6) is 4.72. The molecule has 0 spiro atoms. The second-order valence-electron chi connectivity index (χ2n) is 5.19. The number of ether oxygens (including phenoxy) is 2. The normalized spacial score (nSPS) is 12.2. The predicted molar refractivity (Wildman–Crippen MR) is 81.5 cm³/mol. The fourth-order valence-electron chi connectivity index (χ4n) is 2.57. The first-order chi connectivity index (χ1) is 11.0. The van der Waals surface area contributed by atoms with Gasteiger partial charge in [0.05, 0.1) is 7.11 Å². The van der Waals surface area contributed by atoms with Crippen LogP contribution in [0.1, 0.15) is 46.3 Å². The highest BCUT2D eigenvalue weighted by molar-refractivity contribution is 5.98. The standard InChI is InChI=1S/C17H18O6/c1-10-12-9-23-17(21)14(12)15(20)11(16(10)22-2)7-5-3-4-6-8-13(18)19/h20H,4,6-9H2,1-2H3,(H,18,19). The molecule has 0 amide bonds. The van der Waals surface area contributed by atoms with E-state index >= 15 is 0 Å². The van der Waals surface area contributed by atoms with Crippen molar-refractivity contribution >= 4 is 11.9 Å².